The molecule has 0 atom stereocenters. The number of carbonyl (C=O) groups excluding carboxylic acids is 1. The molecule has 0 aliphatic heterocycles. The fourth-order valence-corrected chi connectivity index (χ4v) is 2.59. The van der Waals surface area contributed by atoms with Crippen LogP contribution < -0.4 is 5.32 Å². The molecule has 0 bridgehead atoms. The van der Waals surface area contributed by atoms with E-state index in [0.717, 1.165) is 18.7 Å². The predicted octanol–water partition coefficient (Wildman–Crippen LogP) is 3.92. The van der Waals surface area contributed by atoms with Crippen LogP contribution in [-0.2, 0) is 10.5 Å². The van der Waals surface area contributed by atoms with E-state index in [9.17, 15) is 4.79 Å². The van der Waals surface area contributed by atoms with Crippen molar-refractivity contribution >= 4 is 17.7 Å². The van der Waals surface area contributed by atoms with Crippen molar-refractivity contribution in [2.24, 2.45) is 0 Å². The second-order valence-electron chi connectivity index (χ2n) is 4.89. The van der Waals surface area contributed by atoms with Crippen molar-refractivity contribution in [2.45, 2.75) is 45.3 Å². The Morgan fingerprint density at radius 2 is 1.89 bits per heavy atom. The standard InChI is InChI=1S/C16H25NOS/c1-3-4-5-6-11-17-16(18)13-19-12-15-9-7-14(2)8-10-15/h7-10H,3-6,11-13H2,1-2H3,(H,17,18). The van der Waals surface area contributed by atoms with Gasteiger partial charge in [0.25, 0.3) is 0 Å². The molecule has 1 rings (SSSR count). The van der Waals surface area contributed by atoms with E-state index >= 15 is 0 Å². The normalized spacial score (nSPS) is 10.4. The van der Waals surface area contributed by atoms with Gasteiger partial charge in [0.2, 0.25) is 5.91 Å². The van der Waals surface area contributed by atoms with Crippen molar-refractivity contribution in [1.82, 2.24) is 5.32 Å². The highest BCUT2D eigenvalue weighted by atomic mass is 32.2. The number of thioether (sulfide) groups is 1. The first-order valence-electron chi connectivity index (χ1n) is 7.12. The van der Waals surface area contributed by atoms with Crippen molar-refractivity contribution in [3.05, 3.63) is 35.4 Å². The monoisotopic (exact) mass is 279 g/mol. The molecule has 0 unspecified atom stereocenters. The van der Waals surface area contributed by atoms with E-state index in [1.807, 2.05) is 0 Å². The number of hydrogen-bond acceptors (Lipinski definition) is 2. The van der Waals surface area contributed by atoms with Crippen LogP contribution in [0.2, 0.25) is 0 Å². The van der Waals surface area contributed by atoms with Crippen LogP contribution in [0.5, 0.6) is 0 Å². The van der Waals surface area contributed by atoms with Crippen molar-refractivity contribution in [3.63, 3.8) is 0 Å². The molecule has 0 aliphatic carbocycles. The van der Waals surface area contributed by atoms with Crippen LogP contribution in [0.25, 0.3) is 0 Å². The summed E-state index contributed by atoms with van der Waals surface area (Å²) in [7, 11) is 0. The molecule has 0 spiro atoms. The van der Waals surface area contributed by atoms with Crippen molar-refractivity contribution in [2.75, 3.05) is 12.3 Å². The zero-order valence-corrected chi connectivity index (χ0v) is 12.9. The van der Waals surface area contributed by atoms with Crippen LogP contribution in [0.4, 0.5) is 0 Å². The van der Waals surface area contributed by atoms with Gasteiger partial charge in [-0.15, -0.1) is 11.8 Å². The first kappa shape index (κ1) is 16.1. The molecule has 0 heterocycles. The molecular formula is C16H25NOS. The van der Waals surface area contributed by atoms with Gasteiger partial charge in [-0.1, -0.05) is 56.0 Å². The maximum Gasteiger partial charge on any atom is 0.230 e. The number of rotatable bonds is 9. The molecule has 0 aliphatic rings. The highest BCUT2D eigenvalue weighted by Crippen LogP contribution is 2.12. The molecule has 0 saturated carbocycles. The van der Waals surface area contributed by atoms with Crippen molar-refractivity contribution in [1.29, 1.82) is 0 Å². The lowest BCUT2D eigenvalue weighted by Gasteiger charge is -2.05. The summed E-state index contributed by atoms with van der Waals surface area (Å²) in [6.07, 6.45) is 4.81. The van der Waals surface area contributed by atoms with E-state index in [1.54, 1.807) is 11.8 Å². The minimum atomic E-state index is 0.161. The Morgan fingerprint density at radius 1 is 1.16 bits per heavy atom. The minimum absolute atomic E-state index is 0.161. The molecule has 0 aromatic heterocycles. The van der Waals surface area contributed by atoms with E-state index in [-0.39, 0.29) is 5.91 Å². The first-order chi connectivity index (χ1) is 9.22. The van der Waals surface area contributed by atoms with Gasteiger partial charge in [0.1, 0.15) is 0 Å². The summed E-state index contributed by atoms with van der Waals surface area (Å²) >= 11 is 1.68. The van der Waals surface area contributed by atoms with Crippen LogP contribution in [0.1, 0.15) is 43.7 Å². The number of carbonyl (C=O) groups is 1. The largest absolute Gasteiger partial charge is 0.355 e. The number of unbranched alkanes of at least 4 members (excludes halogenated alkanes) is 3. The van der Waals surface area contributed by atoms with E-state index in [0.29, 0.717) is 5.75 Å². The molecule has 106 valence electrons. The average molecular weight is 279 g/mol. The third-order valence-electron chi connectivity index (χ3n) is 2.97. The molecule has 0 fully saturated rings. The maximum absolute atomic E-state index is 11.6. The Balaban J connectivity index is 2.05. The van der Waals surface area contributed by atoms with Crippen LogP contribution in [0, 0.1) is 6.92 Å². The van der Waals surface area contributed by atoms with Gasteiger partial charge >= 0.3 is 0 Å². The average Bonchev–Trinajstić information content (AvgIpc) is 2.41. The molecule has 1 aromatic carbocycles. The molecule has 0 saturated heterocycles. The van der Waals surface area contributed by atoms with Crippen LogP contribution in [0.3, 0.4) is 0 Å². The summed E-state index contributed by atoms with van der Waals surface area (Å²) in [6, 6.07) is 8.49. The topological polar surface area (TPSA) is 29.1 Å². The maximum atomic E-state index is 11.6. The molecule has 2 nitrogen and oxygen atoms in total. The lowest BCUT2D eigenvalue weighted by molar-refractivity contribution is -0.118. The van der Waals surface area contributed by atoms with E-state index < -0.39 is 0 Å². The number of hydrogen-bond donors (Lipinski definition) is 1. The van der Waals surface area contributed by atoms with Gasteiger partial charge in [-0.05, 0) is 18.9 Å². The predicted molar refractivity (Wildman–Crippen MR) is 84.5 cm³/mol. The fraction of sp³-hybridized carbons (Fsp3) is 0.562. The smallest absolute Gasteiger partial charge is 0.230 e. The second kappa shape index (κ2) is 9.90. The van der Waals surface area contributed by atoms with Gasteiger partial charge in [0.15, 0.2) is 0 Å². The molecule has 0 radical (unpaired) electrons. The quantitative estimate of drug-likeness (QED) is 0.694. The highest BCUT2D eigenvalue weighted by Gasteiger charge is 2.01. The lowest BCUT2D eigenvalue weighted by atomic mass is 10.2. The number of aryl methyl sites for hydroxylation is 1. The summed E-state index contributed by atoms with van der Waals surface area (Å²) in [5, 5.41) is 2.98. The summed E-state index contributed by atoms with van der Waals surface area (Å²) in [4.78, 5) is 11.6. The zero-order valence-electron chi connectivity index (χ0n) is 12.1. The number of nitrogens with one attached hydrogen (secondary N) is 1. The summed E-state index contributed by atoms with van der Waals surface area (Å²) in [6.45, 7) is 5.10. The number of amides is 1. The summed E-state index contributed by atoms with van der Waals surface area (Å²) in [5.74, 6) is 1.62. The molecule has 1 amide bonds. The van der Waals surface area contributed by atoms with E-state index in [1.165, 1.54) is 30.4 Å². The summed E-state index contributed by atoms with van der Waals surface area (Å²) < 4.78 is 0. The van der Waals surface area contributed by atoms with Crippen LogP contribution >= 0.6 is 11.8 Å². The van der Waals surface area contributed by atoms with E-state index in [2.05, 4.69) is 43.4 Å². The Kier molecular flexibility index (Phi) is 8.39. The van der Waals surface area contributed by atoms with Gasteiger partial charge in [0.05, 0.1) is 5.75 Å². The molecule has 19 heavy (non-hydrogen) atoms. The second-order valence-corrected chi connectivity index (χ2v) is 5.87. The molecular weight excluding hydrogens is 254 g/mol. The minimum Gasteiger partial charge on any atom is -0.355 e. The number of benzene rings is 1. The third kappa shape index (κ3) is 7.93. The van der Waals surface area contributed by atoms with E-state index in [4.69, 9.17) is 0 Å². The first-order valence-corrected chi connectivity index (χ1v) is 8.28. The molecule has 1 aromatic rings. The molecule has 1 N–H and O–H groups in total. The summed E-state index contributed by atoms with van der Waals surface area (Å²) in [5.41, 5.74) is 2.56. The van der Waals surface area contributed by atoms with Gasteiger partial charge in [-0.3, -0.25) is 4.79 Å². The zero-order chi connectivity index (χ0) is 13.9. The highest BCUT2D eigenvalue weighted by molar-refractivity contribution is 7.99. The Bertz CT molecular complexity index is 362. The lowest BCUT2D eigenvalue weighted by Crippen LogP contribution is -2.26. The third-order valence-corrected chi connectivity index (χ3v) is 3.98. The van der Waals surface area contributed by atoms with Crippen LogP contribution in [0.15, 0.2) is 24.3 Å². The Hall–Kier alpha value is -0.960. The van der Waals surface area contributed by atoms with Crippen molar-refractivity contribution < 1.29 is 4.79 Å². The SMILES string of the molecule is CCCCCCNC(=O)CSCc1ccc(C)cc1. The van der Waals surface area contributed by atoms with Crippen LogP contribution in [-0.4, -0.2) is 18.2 Å². The fourth-order valence-electron chi connectivity index (χ4n) is 1.78. The Labute approximate surface area is 121 Å². The van der Waals surface area contributed by atoms with Gasteiger partial charge in [0, 0.05) is 12.3 Å². The Morgan fingerprint density at radius 3 is 2.58 bits per heavy atom. The van der Waals surface area contributed by atoms with Gasteiger partial charge in [-0.2, -0.15) is 0 Å². The van der Waals surface area contributed by atoms with Gasteiger partial charge < -0.3 is 5.32 Å². The van der Waals surface area contributed by atoms with Gasteiger partial charge in [-0.25, -0.2) is 0 Å². The van der Waals surface area contributed by atoms with Crippen molar-refractivity contribution in [3.8, 4) is 0 Å². The molecule has 3 heteroatoms.